The summed E-state index contributed by atoms with van der Waals surface area (Å²) in [5.74, 6) is -0.143. The van der Waals surface area contributed by atoms with Crippen molar-refractivity contribution in [1.82, 2.24) is 5.32 Å². The highest BCUT2D eigenvalue weighted by Crippen LogP contribution is 2.16. The third kappa shape index (κ3) is 27.9. The molecule has 0 heterocycles. The van der Waals surface area contributed by atoms with Crippen LogP contribution in [0.4, 0.5) is 0 Å². The minimum absolute atomic E-state index is 0.143. The molecule has 1 amide bonds. The minimum atomic E-state index is -1.13. The highest BCUT2D eigenvalue weighted by atomic mass is 16.3. The van der Waals surface area contributed by atoms with Gasteiger partial charge in [-0.3, -0.25) is 4.79 Å². The number of nitrogens with one attached hydrogen (secondary N) is 1. The Morgan fingerprint density at radius 2 is 0.829 bits per heavy atom. The Hall–Kier alpha value is -0.650. The summed E-state index contributed by atoms with van der Waals surface area (Å²) in [7, 11) is 0. The number of hydrogen-bond acceptors (Lipinski definition) is 4. The number of rotatable bonds is 33. The summed E-state index contributed by atoms with van der Waals surface area (Å²) in [6.07, 6.45) is 33.3. The number of carbonyl (C=O) groups excluding carboxylic acids is 1. The molecule has 0 aromatic rings. The zero-order valence-electron chi connectivity index (χ0n) is 27.7. The molecular weight excluding hydrogens is 510 g/mol. The fraction of sp³-hybridized carbons (Fsp3) is 0.972. The number of hydrogen-bond donors (Lipinski definition) is 4. The third-order valence-electron chi connectivity index (χ3n) is 8.71. The van der Waals surface area contributed by atoms with Crippen molar-refractivity contribution in [2.45, 2.75) is 218 Å². The molecule has 0 aromatic carbocycles. The average Bonchev–Trinajstić information content (AvgIpc) is 2.97. The van der Waals surface area contributed by atoms with Crippen molar-refractivity contribution in [1.29, 1.82) is 0 Å². The molecule has 5 nitrogen and oxygen atoms in total. The largest absolute Gasteiger partial charge is 0.394 e. The highest BCUT2D eigenvalue weighted by Gasteiger charge is 2.26. The summed E-state index contributed by atoms with van der Waals surface area (Å²) in [6, 6.07) is -0.800. The van der Waals surface area contributed by atoms with Crippen LogP contribution in [-0.2, 0) is 4.79 Å². The summed E-state index contributed by atoms with van der Waals surface area (Å²) >= 11 is 0. The molecule has 4 N–H and O–H groups in total. The SMILES string of the molecule is CCCCCCCCCCCCCCCCCCC(=O)NC(CO)C(O)C(O)CCCCCCCCCCCCC. The van der Waals surface area contributed by atoms with Crippen molar-refractivity contribution in [2.75, 3.05) is 6.61 Å². The summed E-state index contributed by atoms with van der Waals surface area (Å²) < 4.78 is 0. The predicted molar refractivity (Wildman–Crippen MR) is 176 cm³/mol. The van der Waals surface area contributed by atoms with Crippen LogP contribution in [0.15, 0.2) is 0 Å². The molecule has 0 radical (unpaired) electrons. The van der Waals surface area contributed by atoms with Gasteiger partial charge in [-0.05, 0) is 12.8 Å². The normalized spacial score (nSPS) is 13.8. The van der Waals surface area contributed by atoms with Crippen LogP contribution in [0.2, 0.25) is 0 Å². The third-order valence-corrected chi connectivity index (χ3v) is 8.71. The van der Waals surface area contributed by atoms with Crippen LogP contribution in [0.3, 0.4) is 0 Å². The van der Waals surface area contributed by atoms with E-state index in [2.05, 4.69) is 19.2 Å². The van der Waals surface area contributed by atoms with Gasteiger partial charge in [-0.1, -0.05) is 181 Å². The van der Waals surface area contributed by atoms with E-state index >= 15 is 0 Å². The van der Waals surface area contributed by atoms with Crippen molar-refractivity contribution >= 4 is 5.91 Å². The Balaban J connectivity index is 3.65. The van der Waals surface area contributed by atoms with Crippen molar-refractivity contribution in [2.24, 2.45) is 0 Å². The smallest absolute Gasteiger partial charge is 0.220 e. The van der Waals surface area contributed by atoms with Crippen molar-refractivity contribution in [3.05, 3.63) is 0 Å². The van der Waals surface area contributed by atoms with E-state index in [1.54, 1.807) is 0 Å². The second-order valence-corrected chi connectivity index (χ2v) is 12.8. The van der Waals surface area contributed by atoms with Crippen molar-refractivity contribution < 1.29 is 20.1 Å². The maximum Gasteiger partial charge on any atom is 0.220 e. The first-order chi connectivity index (χ1) is 20.1. The fourth-order valence-electron chi connectivity index (χ4n) is 5.81. The number of aliphatic hydroxyl groups excluding tert-OH is 3. The maximum absolute atomic E-state index is 12.3. The predicted octanol–water partition coefficient (Wildman–Crippen LogP) is 9.54. The molecule has 0 saturated heterocycles. The van der Waals surface area contributed by atoms with Gasteiger partial charge in [-0.2, -0.15) is 0 Å². The van der Waals surface area contributed by atoms with E-state index < -0.39 is 18.2 Å². The van der Waals surface area contributed by atoms with E-state index in [9.17, 15) is 20.1 Å². The summed E-state index contributed by atoms with van der Waals surface area (Å²) in [5.41, 5.74) is 0. The van der Waals surface area contributed by atoms with Gasteiger partial charge in [-0.15, -0.1) is 0 Å². The lowest BCUT2D eigenvalue weighted by atomic mass is 9.99. The van der Waals surface area contributed by atoms with Gasteiger partial charge in [0, 0.05) is 6.42 Å². The molecule has 41 heavy (non-hydrogen) atoms. The molecule has 3 atom stereocenters. The zero-order valence-corrected chi connectivity index (χ0v) is 27.7. The van der Waals surface area contributed by atoms with Crippen LogP contribution in [0.25, 0.3) is 0 Å². The Bertz CT molecular complexity index is 530. The Morgan fingerprint density at radius 3 is 1.17 bits per heavy atom. The second kappa shape index (κ2) is 32.3. The van der Waals surface area contributed by atoms with Gasteiger partial charge < -0.3 is 20.6 Å². The molecule has 3 unspecified atom stereocenters. The van der Waals surface area contributed by atoms with E-state index in [4.69, 9.17) is 0 Å². The van der Waals surface area contributed by atoms with Crippen LogP contribution in [0.1, 0.15) is 200 Å². The molecule has 0 fully saturated rings. The summed E-state index contributed by atoms with van der Waals surface area (Å²) in [6.45, 7) is 4.16. The van der Waals surface area contributed by atoms with Crippen LogP contribution >= 0.6 is 0 Å². The number of carbonyl (C=O) groups is 1. The molecule has 0 aliphatic rings. The highest BCUT2D eigenvalue weighted by molar-refractivity contribution is 5.76. The monoisotopic (exact) mass is 584 g/mol. The Morgan fingerprint density at radius 1 is 0.512 bits per heavy atom. The quantitative estimate of drug-likeness (QED) is 0.0579. The first-order valence-electron chi connectivity index (χ1n) is 18.3. The van der Waals surface area contributed by atoms with E-state index in [-0.39, 0.29) is 12.5 Å². The molecule has 0 bridgehead atoms. The topological polar surface area (TPSA) is 89.8 Å². The lowest BCUT2D eigenvalue weighted by molar-refractivity contribution is -0.124. The standard InChI is InChI=1S/C36H73NO4/c1-3-5-7-9-11-13-15-16-17-18-19-21-23-25-27-29-31-35(40)37-33(32-38)36(41)34(39)30-28-26-24-22-20-14-12-10-8-6-4-2/h33-34,36,38-39,41H,3-32H2,1-2H3,(H,37,40). The molecule has 0 spiro atoms. The Kier molecular flexibility index (Phi) is 31.8. The van der Waals surface area contributed by atoms with Gasteiger partial charge in [0.1, 0.15) is 6.10 Å². The minimum Gasteiger partial charge on any atom is -0.394 e. The molecule has 0 aliphatic heterocycles. The first-order valence-corrected chi connectivity index (χ1v) is 18.3. The van der Waals surface area contributed by atoms with Gasteiger partial charge in [-0.25, -0.2) is 0 Å². The summed E-state index contributed by atoms with van der Waals surface area (Å²) in [5, 5.41) is 33.3. The van der Waals surface area contributed by atoms with Crippen LogP contribution in [0.5, 0.6) is 0 Å². The number of amides is 1. The van der Waals surface area contributed by atoms with Gasteiger partial charge in [0.2, 0.25) is 5.91 Å². The molecule has 0 saturated carbocycles. The molecule has 246 valence electrons. The average molecular weight is 584 g/mol. The van der Waals surface area contributed by atoms with E-state index in [1.807, 2.05) is 0 Å². The van der Waals surface area contributed by atoms with Crippen LogP contribution < -0.4 is 5.32 Å². The maximum atomic E-state index is 12.3. The van der Waals surface area contributed by atoms with Crippen molar-refractivity contribution in [3.8, 4) is 0 Å². The zero-order chi connectivity index (χ0) is 30.2. The molecule has 0 rings (SSSR count). The van der Waals surface area contributed by atoms with Crippen LogP contribution in [0, 0.1) is 0 Å². The van der Waals surface area contributed by atoms with E-state index in [0.29, 0.717) is 12.8 Å². The van der Waals surface area contributed by atoms with Crippen molar-refractivity contribution in [3.63, 3.8) is 0 Å². The van der Waals surface area contributed by atoms with Gasteiger partial charge >= 0.3 is 0 Å². The number of unbranched alkanes of at least 4 members (excludes halogenated alkanes) is 25. The molecular formula is C36H73NO4. The molecule has 5 heteroatoms. The fourth-order valence-corrected chi connectivity index (χ4v) is 5.81. The van der Waals surface area contributed by atoms with Gasteiger partial charge in [0.05, 0.1) is 18.8 Å². The first kappa shape index (κ1) is 40.4. The van der Waals surface area contributed by atoms with Gasteiger partial charge in [0.15, 0.2) is 0 Å². The lowest BCUT2D eigenvalue weighted by Crippen LogP contribution is -2.50. The second-order valence-electron chi connectivity index (χ2n) is 12.8. The number of aliphatic hydroxyl groups is 3. The molecule has 0 aliphatic carbocycles. The Labute approximate surface area is 256 Å². The molecule has 0 aromatic heterocycles. The van der Waals surface area contributed by atoms with E-state index in [1.165, 1.54) is 135 Å². The summed E-state index contributed by atoms with van der Waals surface area (Å²) in [4.78, 5) is 12.3. The lowest BCUT2D eigenvalue weighted by Gasteiger charge is -2.26. The van der Waals surface area contributed by atoms with Gasteiger partial charge in [0.25, 0.3) is 0 Å². The van der Waals surface area contributed by atoms with E-state index in [0.717, 1.165) is 38.5 Å². The van der Waals surface area contributed by atoms with Crippen LogP contribution in [-0.4, -0.2) is 46.1 Å².